The van der Waals surface area contributed by atoms with E-state index in [0.29, 0.717) is 31.5 Å². The van der Waals surface area contributed by atoms with Crippen molar-refractivity contribution in [3.8, 4) is 0 Å². The van der Waals surface area contributed by atoms with E-state index >= 15 is 0 Å². The molecule has 1 aliphatic heterocycles. The van der Waals surface area contributed by atoms with E-state index in [0.717, 1.165) is 6.42 Å². The van der Waals surface area contributed by atoms with Crippen molar-refractivity contribution in [1.82, 2.24) is 10.6 Å². The molecule has 5 heteroatoms. The van der Waals surface area contributed by atoms with Crippen molar-refractivity contribution >= 4 is 5.91 Å². The Labute approximate surface area is 113 Å². The Kier molecular flexibility index (Phi) is 4.76. The summed E-state index contributed by atoms with van der Waals surface area (Å²) in [5.74, 6) is -2.83. The molecular weight excluding hydrogens is 250 g/mol. The summed E-state index contributed by atoms with van der Waals surface area (Å²) in [4.78, 5) is 11.9. The fourth-order valence-corrected chi connectivity index (χ4v) is 3.07. The van der Waals surface area contributed by atoms with Gasteiger partial charge in [0.05, 0.1) is 0 Å². The topological polar surface area (TPSA) is 41.1 Å². The monoisotopic (exact) mass is 274 g/mol. The van der Waals surface area contributed by atoms with Gasteiger partial charge in [-0.1, -0.05) is 6.42 Å². The van der Waals surface area contributed by atoms with Crippen LogP contribution in [0.1, 0.15) is 51.9 Å². The zero-order valence-corrected chi connectivity index (χ0v) is 11.6. The zero-order chi connectivity index (χ0) is 13.9. The summed E-state index contributed by atoms with van der Waals surface area (Å²) in [7, 11) is 0. The second-order valence-corrected chi connectivity index (χ2v) is 6.07. The van der Waals surface area contributed by atoms with Gasteiger partial charge in [0.15, 0.2) is 0 Å². The van der Waals surface area contributed by atoms with Crippen molar-refractivity contribution < 1.29 is 13.6 Å². The molecule has 2 atom stereocenters. The first-order chi connectivity index (χ1) is 8.96. The molecule has 2 fully saturated rings. The van der Waals surface area contributed by atoms with E-state index in [1.54, 1.807) is 0 Å². The van der Waals surface area contributed by atoms with Crippen molar-refractivity contribution in [2.24, 2.45) is 5.92 Å². The smallest absolute Gasteiger partial charge is 0.248 e. The first-order valence-electron chi connectivity index (χ1n) is 7.38. The lowest BCUT2D eigenvalue weighted by atomic mass is 9.86. The highest BCUT2D eigenvalue weighted by molar-refractivity contribution is 5.78. The lowest BCUT2D eigenvalue weighted by molar-refractivity contribution is -0.129. The van der Waals surface area contributed by atoms with Gasteiger partial charge in [-0.15, -0.1) is 0 Å². The molecule has 1 amide bonds. The molecule has 0 aromatic heterocycles. The van der Waals surface area contributed by atoms with Crippen LogP contribution in [-0.2, 0) is 4.79 Å². The molecular formula is C14H24F2N2O. The number of amides is 1. The number of carbonyl (C=O) groups excluding carboxylic acids is 1. The van der Waals surface area contributed by atoms with Crippen LogP contribution >= 0.6 is 0 Å². The summed E-state index contributed by atoms with van der Waals surface area (Å²) in [6.07, 6.45) is 3.77. The minimum Gasteiger partial charge on any atom is -0.354 e. The Bertz CT molecular complexity index is 313. The average molecular weight is 274 g/mol. The fourth-order valence-electron chi connectivity index (χ4n) is 3.07. The lowest BCUT2D eigenvalue weighted by Gasteiger charge is -2.31. The largest absolute Gasteiger partial charge is 0.354 e. The van der Waals surface area contributed by atoms with Crippen molar-refractivity contribution in [3.05, 3.63) is 0 Å². The molecule has 1 heterocycles. The molecule has 0 spiro atoms. The maximum atomic E-state index is 13.0. The van der Waals surface area contributed by atoms with Crippen LogP contribution in [0.4, 0.5) is 8.78 Å². The van der Waals surface area contributed by atoms with Crippen LogP contribution in [0.2, 0.25) is 0 Å². The van der Waals surface area contributed by atoms with E-state index in [9.17, 15) is 13.6 Å². The normalized spacial score (nSPS) is 31.9. The van der Waals surface area contributed by atoms with Crippen LogP contribution in [0, 0.1) is 5.92 Å². The first kappa shape index (κ1) is 14.7. The molecule has 1 saturated heterocycles. The molecule has 0 bridgehead atoms. The van der Waals surface area contributed by atoms with E-state index in [-0.39, 0.29) is 24.7 Å². The van der Waals surface area contributed by atoms with Gasteiger partial charge < -0.3 is 10.6 Å². The number of hydrogen-bond donors (Lipinski definition) is 2. The zero-order valence-electron chi connectivity index (χ0n) is 11.6. The maximum Gasteiger partial charge on any atom is 0.248 e. The molecule has 3 nitrogen and oxygen atoms in total. The van der Waals surface area contributed by atoms with Gasteiger partial charge in [-0.05, 0) is 32.6 Å². The van der Waals surface area contributed by atoms with E-state index < -0.39 is 5.92 Å². The second kappa shape index (κ2) is 6.16. The Morgan fingerprint density at radius 2 is 1.95 bits per heavy atom. The van der Waals surface area contributed by atoms with Crippen molar-refractivity contribution in [1.29, 1.82) is 0 Å². The molecule has 2 aliphatic rings. The quantitative estimate of drug-likeness (QED) is 0.830. The van der Waals surface area contributed by atoms with E-state index in [4.69, 9.17) is 0 Å². The van der Waals surface area contributed by atoms with Crippen molar-refractivity contribution in [2.75, 3.05) is 6.54 Å². The Hall–Kier alpha value is -0.710. The molecule has 0 aromatic carbocycles. The van der Waals surface area contributed by atoms with Crippen molar-refractivity contribution in [3.63, 3.8) is 0 Å². The van der Waals surface area contributed by atoms with Crippen LogP contribution in [0.15, 0.2) is 0 Å². The highest BCUT2D eigenvalue weighted by Gasteiger charge is 2.37. The van der Waals surface area contributed by atoms with E-state index in [2.05, 4.69) is 17.6 Å². The number of rotatable bonds is 3. The first-order valence-corrected chi connectivity index (χ1v) is 7.38. The third-order valence-electron chi connectivity index (χ3n) is 4.32. The fraction of sp³-hybridized carbons (Fsp3) is 0.929. The summed E-state index contributed by atoms with van der Waals surface area (Å²) >= 11 is 0. The number of hydrogen-bond acceptors (Lipinski definition) is 2. The van der Waals surface area contributed by atoms with Gasteiger partial charge in [0.2, 0.25) is 11.8 Å². The Morgan fingerprint density at radius 1 is 1.26 bits per heavy atom. The predicted octanol–water partition coefficient (Wildman–Crippen LogP) is 2.46. The highest BCUT2D eigenvalue weighted by atomic mass is 19.3. The molecule has 110 valence electrons. The number of halogens is 2. The molecule has 19 heavy (non-hydrogen) atoms. The SMILES string of the molecule is CC1CCCC(CNC(=O)C2CCC(F)(F)CC2)N1. The number of nitrogens with one attached hydrogen (secondary N) is 2. The van der Waals surface area contributed by atoms with Gasteiger partial charge in [-0.2, -0.15) is 0 Å². The standard InChI is InChI=1S/C14H24F2N2O/c1-10-3-2-4-12(18-10)9-17-13(19)11-5-7-14(15,16)8-6-11/h10-12,18H,2-9H2,1H3,(H,17,19). The molecule has 0 aromatic rings. The molecule has 1 aliphatic carbocycles. The minimum absolute atomic E-state index is 0.0458. The summed E-state index contributed by atoms with van der Waals surface area (Å²) in [6.45, 7) is 2.77. The molecule has 2 unspecified atom stereocenters. The van der Waals surface area contributed by atoms with Crippen LogP contribution < -0.4 is 10.6 Å². The van der Waals surface area contributed by atoms with E-state index in [1.165, 1.54) is 12.8 Å². The van der Waals surface area contributed by atoms with E-state index in [1.807, 2.05) is 0 Å². The minimum atomic E-state index is -2.56. The van der Waals surface area contributed by atoms with Crippen molar-refractivity contribution in [2.45, 2.75) is 69.9 Å². The summed E-state index contributed by atoms with van der Waals surface area (Å²) in [6, 6.07) is 0.835. The number of carbonyl (C=O) groups is 1. The van der Waals surface area contributed by atoms with Gasteiger partial charge in [-0.25, -0.2) is 8.78 Å². The summed E-state index contributed by atoms with van der Waals surface area (Å²) < 4.78 is 26.0. The Morgan fingerprint density at radius 3 is 2.58 bits per heavy atom. The molecule has 0 radical (unpaired) electrons. The third-order valence-corrected chi connectivity index (χ3v) is 4.32. The lowest BCUT2D eigenvalue weighted by Crippen LogP contribution is -2.48. The predicted molar refractivity (Wildman–Crippen MR) is 70.2 cm³/mol. The van der Waals surface area contributed by atoms with Crippen LogP contribution in [-0.4, -0.2) is 30.5 Å². The number of alkyl halides is 2. The number of piperidine rings is 1. The van der Waals surface area contributed by atoms with Gasteiger partial charge >= 0.3 is 0 Å². The molecule has 1 saturated carbocycles. The molecule has 2 rings (SSSR count). The summed E-state index contributed by atoms with van der Waals surface area (Å²) in [5.41, 5.74) is 0. The van der Waals surface area contributed by atoms with Gasteiger partial charge in [0, 0.05) is 37.4 Å². The summed E-state index contributed by atoms with van der Waals surface area (Å²) in [5, 5.41) is 6.38. The average Bonchev–Trinajstić information content (AvgIpc) is 2.36. The molecule has 2 N–H and O–H groups in total. The van der Waals surface area contributed by atoms with Gasteiger partial charge in [0.25, 0.3) is 0 Å². The van der Waals surface area contributed by atoms with Crippen LogP contribution in [0.3, 0.4) is 0 Å². The maximum absolute atomic E-state index is 13.0. The van der Waals surface area contributed by atoms with Gasteiger partial charge in [0.1, 0.15) is 0 Å². The van der Waals surface area contributed by atoms with Crippen LogP contribution in [0.25, 0.3) is 0 Å². The van der Waals surface area contributed by atoms with Crippen LogP contribution in [0.5, 0.6) is 0 Å². The highest BCUT2D eigenvalue weighted by Crippen LogP contribution is 2.36. The third kappa shape index (κ3) is 4.41. The second-order valence-electron chi connectivity index (χ2n) is 6.07. The van der Waals surface area contributed by atoms with Gasteiger partial charge in [-0.3, -0.25) is 4.79 Å². The Balaban J connectivity index is 1.70.